The summed E-state index contributed by atoms with van der Waals surface area (Å²) < 4.78 is 20.5. The molecule has 0 aliphatic heterocycles. The molecule has 1 aromatic heterocycles. The fourth-order valence-corrected chi connectivity index (χ4v) is 3.93. The summed E-state index contributed by atoms with van der Waals surface area (Å²) in [7, 11) is 0. The molecule has 0 aliphatic rings. The van der Waals surface area contributed by atoms with Crippen molar-refractivity contribution in [2.24, 2.45) is 0 Å². The lowest BCUT2D eigenvalue weighted by molar-refractivity contribution is -0.146. The molecule has 3 aromatic rings. The van der Waals surface area contributed by atoms with Gasteiger partial charge in [0.25, 0.3) is 5.91 Å². The molecule has 0 fully saturated rings. The monoisotopic (exact) mass is 582 g/mol. The number of nitrogens with zero attached hydrogens (tertiary/aromatic N) is 1. The van der Waals surface area contributed by atoms with Gasteiger partial charge in [-0.25, -0.2) is 24.2 Å². The van der Waals surface area contributed by atoms with E-state index in [1.54, 1.807) is 13.8 Å². The number of esters is 2. The molecule has 2 aromatic carbocycles. The van der Waals surface area contributed by atoms with Crippen LogP contribution >= 0.6 is 11.3 Å². The van der Waals surface area contributed by atoms with E-state index in [0.29, 0.717) is 12.8 Å². The molecule has 3 N–H and O–H groups in total. The normalized spacial score (nSPS) is 10.0. The van der Waals surface area contributed by atoms with E-state index in [1.807, 2.05) is 30.3 Å². The van der Waals surface area contributed by atoms with Gasteiger partial charge >= 0.3 is 18.0 Å². The van der Waals surface area contributed by atoms with Gasteiger partial charge in [0.1, 0.15) is 11.3 Å². The fraction of sp³-hybridized carbons (Fsp3) is 0.222. The summed E-state index contributed by atoms with van der Waals surface area (Å²) in [5.74, 6) is -1.16. The van der Waals surface area contributed by atoms with E-state index in [1.165, 1.54) is 23.5 Å². The van der Waals surface area contributed by atoms with Crippen molar-refractivity contribution in [3.63, 3.8) is 0 Å². The lowest BCUT2D eigenvalue weighted by atomic mass is 10.1. The number of nitrogens with one attached hydrogen (secondary N) is 3. The standard InChI is InChI=1S/C27H26N4O9S/c1-3-37-22(33)15-40-25(35)19-12-18(13-21(39-11-10-32)23(19)38-4-2)29-24(34)20-16-41-27(30-20)31-26(36)28-14-17-8-6-5-7-9-17/h5-9,11-13,16H,3-4,14-15H2,1-2H3,(H,29,34)(H2,28,30,31,36). The third-order valence-corrected chi connectivity index (χ3v) is 5.69. The number of aromatic nitrogens is 1. The van der Waals surface area contributed by atoms with Crippen LogP contribution in [0.2, 0.25) is 0 Å². The Labute approximate surface area is 238 Å². The van der Waals surface area contributed by atoms with Crippen molar-refractivity contribution in [1.82, 2.24) is 10.3 Å². The van der Waals surface area contributed by atoms with Crippen molar-refractivity contribution in [3.8, 4) is 11.5 Å². The number of hydrogen-bond acceptors (Lipinski definition) is 11. The van der Waals surface area contributed by atoms with Crippen LogP contribution in [0, 0.1) is 0 Å². The van der Waals surface area contributed by atoms with Crippen LogP contribution < -0.4 is 25.4 Å². The maximum Gasteiger partial charge on any atom is 0.344 e. The van der Waals surface area contributed by atoms with Gasteiger partial charge in [0, 0.05) is 23.7 Å². The number of carbonyl (C=O) groups is 4. The Morgan fingerprint density at radius 3 is 2.51 bits per heavy atom. The van der Waals surface area contributed by atoms with E-state index < -0.39 is 30.5 Å². The van der Waals surface area contributed by atoms with Crippen LogP contribution in [-0.4, -0.2) is 54.6 Å². The number of carbonyl (C=O) groups excluding carboxylic acids is 5. The molecule has 0 saturated carbocycles. The Hall–Kier alpha value is -5.20. The van der Waals surface area contributed by atoms with E-state index >= 15 is 0 Å². The molecule has 0 spiro atoms. The summed E-state index contributed by atoms with van der Waals surface area (Å²) in [6.07, 6.45) is 0.693. The first-order valence-corrected chi connectivity index (χ1v) is 13.1. The van der Waals surface area contributed by atoms with Crippen molar-refractivity contribution < 1.29 is 42.9 Å². The predicted molar refractivity (Wildman–Crippen MR) is 148 cm³/mol. The van der Waals surface area contributed by atoms with Crippen molar-refractivity contribution in [3.05, 3.63) is 70.9 Å². The second-order valence-electron chi connectivity index (χ2n) is 7.80. The number of rotatable bonds is 13. The number of hydrogen-bond donors (Lipinski definition) is 3. The molecule has 0 aliphatic carbocycles. The minimum atomic E-state index is -0.973. The van der Waals surface area contributed by atoms with E-state index in [4.69, 9.17) is 18.9 Å². The number of amides is 3. The van der Waals surface area contributed by atoms with Crippen molar-refractivity contribution in [2.45, 2.75) is 20.4 Å². The molecule has 0 bridgehead atoms. The lowest BCUT2D eigenvalue weighted by Gasteiger charge is -2.15. The maximum absolute atomic E-state index is 12.9. The molecule has 0 saturated heterocycles. The maximum atomic E-state index is 12.9. The number of ether oxygens (including phenoxy) is 4. The number of benzene rings is 2. The SMILES string of the molecule is CCOC(=O)COC(=O)c1cc(NC(=O)c2csc(NC(=O)NCc3ccccc3)n2)cc(OC=C=O)c1OCC. The molecule has 14 heteroatoms. The number of urea groups is 1. The third kappa shape index (κ3) is 9.20. The van der Waals surface area contributed by atoms with Crippen LogP contribution in [0.15, 0.2) is 54.1 Å². The summed E-state index contributed by atoms with van der Waals surface area (Å²) >= 11 is 1.03. The van der Waals surface area contributed by atoms with Gasteiger partial charge in [0.2, 0.25) is 0 Å². The second kappa shape index (κ2) is 15.4. The van der Waals surface area contributed by atoms with Crippen LogP contribution in [0.25, 0.3) is 0 Å². The fourth-order valence-electron chi connectivity index (χ4n) is 3.25. The Kier molecular flexibility index (Phi) is 11.4. The number of thiazole rings is 1. The minimum Gasteiger partial charge on any atom is -0.489 e. The molecule has 41 heavy (non-hydrogen) atoms. The predicted octanol–water partition coefficient (Wildman–Crippen LogP) is 3.56. The highest BCUT2D eigenvalue weighted by Gasteiger charge is 2.23. The molecule has 0 atom stereocenters. The van der Waals surface area contributed by atoms with E-state index in [9.17, 15) is 24.0 Å². The molecule has 0 radical (unpaired) electrons. The summed E-state index contributed by atoms with van der Waals surface area (Å²) in [5, 5.41) is 9.43. The Bertz CT molecular complexity index is 1440. The van der Waals surface area contributed by atoms with Crippen LogP contribution in [0.1, 0.15) is 40.3 Å². The zero-order chi connectivity index (χ0) is 29.6. The smallest absolute Gasteiger partial charge is 0.344 e. The largest absolute Gasteiger partial charge is 0.489 e. The molecule has 214 valence electrons. The second-order valence-corrected chi connectivity index (χ2v) is 8.66. The summed E-state index contributed by atoms with van der Waals surface area (Å²) in [6, 6.07) is 11.4. The van der Waals surface area contributed by atoms with Crippen molar-refractivity contribution >= 4 is 52.0 Å². The Morgan fingerprint density at radius 2 is 1.80 bits per heavy atom. The van der Waals surface area contributed by atoms with Crippen LogP contribution in [-0.2, 0) is 25.6 Å². The van der Waals surface area contributed by atoms with Gasteiger partial charge in [-0.05, 0) is 25.5 Å². The summed E-state index contributed by atoms with van der Waals surface area (Å²) in [6.45, 7) is 3.11. The van der Waals surface area contributed by atoms with Gasteiger partial charge in [-0.1, -0.05) is 30.3 Å². The van der Waals surface area contributed by atoms with Crippen molar-refractivity contribution in [2.75, 3.05) is 30.5 Å². The zero-order valence-corrected chi connectivity index (χ0v) is 22.9. The first-order chi connectivity index (χ1) is 19.8. The van der Waals surface area contributed by atoms with E-state index in [0.717, 1.165) is 16.9 Å². The quantitative estimate of drug-likeness (QED) is 0.154. The molecule has 0 unspecified atom stereocenters. The topological polar surface area (TPSA) is 171 Å². The van der Waals surface area contributed by atoms with Crippen LogP contribution in [0.3, 0.4) is 0 Å². The molecule has 3 amide bonds. The van der Waals surface area contributed by atoms with Gasteiger partial charge in [0.15, 0.2) is 35.4 Å². The van der Waals surface area contributed by atoms with Crippen LogP contribution in [0.4, 0.5) is 15.6 Å². The van der Waals surface area contributed by atoms with Gasteiger partial charge in [-0.15, -0.1) is 11.3 Å². The zero-order valence-electron chi connectivity index (χ0n) is 22.1. The molecule has 1 heterocycles. The van der Waals surface area contributed by atoms with Crippen LogP contribution in [0.5, 0.6) is 11.5 Å². The van der Waals surface area contributed by atoms with E-state index in [-0.39, 0.29) is 46.8 Å². The Balaban J connectivity index is 1.75. The van der Waals surface area contributed by atoms with Gasteiger partial charge in [0.05, 0.1) is 13.2 Å². The third-order valence-electron chi connectivity index (χ3n) is 4.93. The molecular formula is C27H26N4O9S. The first-order valence-electron chi connectivity index (χ1n) is 12.2. The highest BCUT2D eigenvalue weighted by atomic mass is 32.1. The average molecular weight is 583 g/mol. The highest BCUT2D eigenvalue weighted by molar-refractivity contribution is 7.14. The lowest BCUT2D eigenvalue weighted by Crippen LogP contribution is -2.28. The number of anilines is 2. The summed E-state index contributed by atoms with van der Waals surface area (Å²) in [5.41, 5.74) is 0.746. The first kappa shape index (κ1) is 30.3. The van der Waals surface area contributed by atoms with Gasteiger partial charge in [-0.3, -0.25) is 10.1 Å². The molecular weight excluding hydrogens is 556 g/mol. The molecule has 13 nitrogen and oxygen atoms in total. The highest BCUT2D eigenvalue weighted by Crippen LogP contribution is 2.36. The van der Waals surface area contributed by atoms with Gasteiger partial charge < -0.3 is 29.6 Å². The Morgan fingerprint density at radius 1 is 1.02 bits per heavy atom. The minimum absolute atomic E-state index is 0.0241. The van der Waals surface area contributed by atoms with E-state index in [2.05, 4.69) is 20.9 Å². The van der Waals surface area contributed by atoms with Gasteiger partial charge in [-0.2, -0.15) is 0 Å². The summed E-state index contributed by atoms with van der Waals surface area (Å²) in [4.78, 5) is 64.4. The molecule has 3 rings (SSSR count). The average Bonchev–Trinajstić information content (AvgIpc) is 3.44. The van der Waals surface area contributed by atoms with Crippen molar-refractivity contribution in [1.29, 1.82) is 0 Å².